The van der Waals surface area contributed by atoms with Crippen molar-refractivity contribution < 1.29 is 0 Å². The maximum atomic E-state index is 2.36. The van der Waals surface area contributed by atoms with Crippen LogP contribution in [0.25, 0.3) is 0 Å². The van der Waals surface area contributed by atoms with Crippen molar-refractivity contribution in [1.29, 1.82) is 0 Å². The molecule has 0 amide bonds. The van der Waals surface area contributed by atoms with E-state index in [0.29, 0.717) is 0 Å². The highest BCUT2D eigenvalue weighted by Crippen LogP contribution is 2.46. The zero-order valence-corrected chi connectivity index (χ0v) is 13.6. The van der Waals surface area contributed by atoms with Crippen LogP contribution in [-0.2, 0) is 5.41 Å². The molecule has 0 saturated heterocycles. The highest BCUT2D eigenvalue weighted by Gasteiger charge is 2.40. The Labute approximate surface area is 123 Å². The molecular weight excluding hydrogens is 240 g/mol. The summed E-state index contributed by atoms with van der Waals surface area (Å²) in [5.41, 5.74) is 5.56. The lowest BCUT2D eigenvalue weighted by molar-refractivity contribution is 0.249. The smallest absolute Gasteiger partial charge is 0.0223 e. The lowest BCUT2D eigenvalue weighted by Gasteiger charge is -2.43. The molecule has 0 fully saturated rings. The van der Waals surface area contributed by atoms with E-state index in [1.54, 1.807) is 0 Å². The van der Waals surface area contributed by atoms with Gasteiger partial charge in [-0.3, -0.25) is 0 Å². The minimum atomic E-state index is 0.00833. The van der Waals surface area contributed by atoms with E-state index in [2.05, 4.69) is 90.1 Å². The van der Waals surface area contributed by atoms with Gasteiger partial charge in [-0.05, 0) is 30.4 Å². The van der Waals surface area contributed by atoms with Crippen molar-refractivity contribution in [2.24, 2.45) is 5.41 Å². The molecule has 0 spiro atoms. The maximum absolute atomic E-state index is 2.36. The zero-order valence-electron chi connectivity index (χ0n) is 13.6. The van der Waals surface area contributed by atoms with Gasteiger partial charge in [-0.25, -0.2) is 0 Å². The summed E-state index contributed by atoms with van der Waals surface area (Å²) in [6.07, 6.45) is 0. The Morgan fingerprint density at radius 1 is 0.550 bits per heavy atom. The van der Waals surface area contributed by atoms with Crippen molar-refractivity contribution in [3.05, 3.63) is 70.8 Å². The second-order valence-corrected chi connectivity index (χ2v) is 7.11. The first kappa shape index (κ1) is 14.8. The second kappa shape index (κ2) is 5.09. The zero-order chi connectivity index (χ0) is 15.0. The minimum Gasteiger partial charge on any atom is -0.0590 e. The van der Waals surface area contributed by atoms with Gasteiger partial charge in [0.2, 0.25) is 0 Å². The number of rotatable bonds is 2. The summed E-state index contributed by atoms with van der Waals surface area (Å²) in [4.78, 5) is 0. The molecule has 2 aromatic rings. The molecule has 0 aliphatic heterocycles. The minimum absolute atomic E-state index is 0.00833. The average Bonchev–Trinajstić information content (AvgIpc) is 2.38. The molecule has 0 aliphatic carbocycles. The van der Waals surface area contributed by atoms with Gasteiger partial charge in [-0.1, -0.05) is 87.4 Å². The molecule has 0 heteroatoms. The monoisotopic (exact) mass is 266 g/mol. The molecule has 0 atom stereocenters. The molecule has 0 aliphatic rings. The summed E-state index contributed by atoms with van der Waals surface area (Å²) in [5, 5.41) is 0. The number of aryl methyl sites for hydroxylation is 2. The van der Waals surface area contributed by atoms with E-state index in [1.165, 1.54) is 22.3 Å². The largest absolute Gasteiger partial charge is 0.0590 e. The van der Waals surface area contributed by atoms with Gasteiger partial charge in [0, 0.05) is 5.41 Å². The molecule has 2 aromatic carbocycles. The van der Waals surface area contributed by atoms with Crippen LogP contribution in [0.1, 0.15) is 49.9 Å². The van der Waals surface area contributed by atoms with Gasteiger partial charge in [0.1, 0.15) is 0 Å². The van der Waals surface area contributed by atoms with Crippen molar-refractivity contribution >= 4 is 0 Å². The third kappa shape index (κ3) is 2.52. The quantitative estimate of drug-likeness (QED) is 0.658. The van der Waals surface area contributed by atoms with Crippen molar-refractivity contribution in [3.63, 3.8) is 0 Å². The van der Waals surface area contributed by atoms with E-state index < -0.39 is 0 Å². The number of hydrogen-bond acceptors (Lipinski definition) is 0. The third-order valence-electron chi connectivity index (χ3n) is 4.76. The Bertz CT molecular complexity index is 519. The van der Waals surface area contributed by atoms with E-state index in [1.807, 2.05) is 0 Å². The fourth-order valence-corrected chi connectivity index (χ4v) is 2.81. The van der Waals surface area contributed by atoms with E-state index in [4.69, 9.17) is 0 Å². The average molecular weight is 266 g/mol. The summed E-state index contributed by atoms with van der Waals surface area (Å²) in [6, 6.07) is 18.0. The molecule has 106 valence electrons. The molecule has 0 unspecified atom stereocenters. The predicted octanol–water partition coefficient (Wildman–Crippen LogP) is 5.66. The van der Waals surface area contributed by atoms with Crippen LogP contribution >= 0.6 is 0 Å². The molecule has 0 nitrogen and oxygen atoms in total. The van der Waals surface area contributed by atoms with Gasteiger partial charge in [0.15, 0.2) is 0 Å². The van der Waals surface area contributed by atoms with Crippen LogP contribution in [0.2, 0.25) is 0 Å². The predicted molar refractivity (Wildman–Crippen MR) is 88.3 cm³/mol. The van der Waals surface area contributed by atoms with Gasteiger partial charge in [-0.2, -0.15) is 0 Å². The van der Waals surface area contributed by atoms with E-state index in [-0.39, 0.29) is 10.8 Å². The van der Waals surface area contributed by atoms with E-state index >= 15 is 0 Å². The lowest BCUT2D eigenvalue weighted by Crippen LogP contribution is -2.38. The van der Waals surface area contributed by atoms with Gasteiger partial charge in [0.05, 0.1) is 0 Å². The first-order valence-corrected chi connectivity index (χ1v) is 7.39. The normalized spacial score (nSPS) is 12.5. The van der Waals surface area contributed by atoms with Gasteiger partial charge in [0.25, 0.3) is 0 Å². The van der Waals surface area contributed by atoms with Crippen LogP contribution in [0.4, 0.5) is 0 Å². The Hall–Kier alpha value is -1.56. The summed E-state index contributed by atoms with van der Waals surface area (Å²) in [7, 11) is 0. The lowest BCUT2D eigenvalue weighted by atomic mass is 9.60. The van der Waals surface area contributed by atoms with Gasteiger partial charge in [-0.15, -0.1) is 0 Å². The van der Waals surface area contributed by atoms with Crippen LogP contribution < -0.4 is 0 Å². The Morgan fingerprint density at radius 2 is 0.850 bits per heavy atom. The first-order valence-electron chi connectivity index (χ1n) is 7.39. The van der Waals surface area contributed by atoms with E-state index in [0.717, 1.165) is 0 Å². The number of benzene rings is 2. The van der Waals surface area contributed by atoms with Crippen molar-refractivity contribution in [3.8, 4) is 0 Å². The molecule has 0 bridgehead atoms. The van der Waals surface area contributed by atoms with Crippen LogP contribution in [0.15, 0.2) is 48.5 Å². The van der Waals surface area contributed by atoms with Crippen LogP contribution in [0.3, 0.4) is 0 Å². The Kier molecular flexibility index (Phi) is 3.77. The fraction of sp³-hybridized carbons (Fsp3) is 0.400. The van der Waals surface area contributed by atoms with E-state index in [9.17, 15) is 0 Å². The molecule has 0 heterocycles. The summed E-state index contributed by atoms with van der Waals surface area (Å²) in [6.45, 7) is 13.6. The van der Waals surface area contributed by atoms with Gasteiger partial charge < -0.3 is 0 Å². The van der Waals surface area contributed by atoms with Gasteiger partial charge >= 0.3 is 0 Å². The summed E-state index contributed by atoms with van der Waals surface area (Å²) in [5.74, 6) is 0. The molecule has 0 radical (unpaired) electrons. The maximum Gasteiger partial charge on any atom is 0.0223 e. The van der Waals surface area contributed by atoms with Crippen LogP contribution in [0, 0.1) is 19.3 Å². The third-order valence-corrected chi connectivity index (χ3v) is 4.76. The summed E-state index contributed by atoms with van der Waals surface area (Å²) < 4.78 is 0. The summed E-state index contributed by atoms with van der Waals surface area (Å²) >= 11 is 0. The number of hydrogen-bond donors (Lipinski definition) is 0. The highest BCUT2D eigenvalue weighted by molar-refractivity contribution is 5.42. The molecule has 0 aromatic heterocycles. The second-order valence-electron chi connectivity index (χ2n) is 7.11. The molecular formula is C20H26. The van der Waals surface area contributed by atoms with Crippen molar-refractivity contribution in [2.45, 2.75) is 47.0 Å². The van der Waals surface area contributed by atoms with Crippen LogP contribution in [0.5, 0.6) is 0 Å². The fourth-order valence-electron chi connectivity index (χ4n) is 2.81. The van der Waals surface area contributed by atoms with Crippen molar-refractivity contribution in [2.75, 3.05) is 0 Å². The molecule has 20 heavy (non-hydrogen) atoms. The molecule has 0 N–H and O–H groups in total. The molecule has 0 saturated carbocycles. The Morgan fingerprint density at radius 3 is 1.10 bits per heavy atom. The Balaban J connectivity index is 2.62. The highest BCUT2D eigenvalue weighted by atomic mass is 14.4. The standard InChI is InChI=1S/C20H26/c1-15-7-11-17(12-8-15)20(6,19(3,4)5)18-13-9-16(2)10-14-18/h7-14H,1-6H3. The topological polar surface area (TPSA) is 0 Å². The van der Waals surface area contributed by atoms with Crippen molar-refractivity contribution in [1.82, 2.24) is 0 Å². The first-order chi connectivity index (χ1) is 9.25. The SMILES string of the molecule is Cc1ccc(C(C)(c2ccc(C)cc2)C(C)(C)C)cc1. The molecule has 2 rings (SSSR count). The van der Waals surface area contributed by atoms with Crippen LogP contribution in [-0.4, -0.2) is 0 Å².